The zero-order valence-electron chi connectivity index (χ0n) is 11.2. The summed E-state index contributed by atoms with van der Waals surface area (Å²) >= 11 is 0. The minimum atomic E-state index is -1.24. The van der Waals surface area contributed by atoms with Crippen LogP contribution < -0.4 is 0 Å². The van der Waals surface area contributed by atoms with Crippen molar-refractivity contribution < 1.29 is 30.0 Å². The largest absolute Gasteiger partial charge is 0.507 e. The van der Waals surface area contributed by atoms with Gasteiger partial charge in [0.25, 0.3) is 0 Å². The Bertz CT molecular complexity index is 711. The first-order valence-corrected chi connectivity index (χ1v) is 6.19. The van der Waals surface area contributed by atoms with Gasteiger partial charge in [-0.1, -0.05) is 24.3 Å². The Morgan fingerprint density at radius 1 is 0.727 bits per heavy atom. The molecular formula is C16H12O6. The van der Waals surface area contributed by atoms with E-state index >= 15 is 0 Å². The molecule has 0 fully saturated rings. The van der Waals surface area contributed by atoms with Gasteiger partial charge in [-0.3, -0.25) is 0 Å². The van der Waals surface area contributed by atoms with Crippen molar-refractivity contribution in [2.45, 2.75) is 0 Å². The molecule has 2 rings (SSSR count). The zero-order valence-corrected chi connectivity index (χ0v) is 11.2. The number of carboxylic acid groups (broad SMARTS) is 2. The van der Waals surface area contributed by atoms with Gasteiger partial charge >= 0.3 is 11.9 Å². The Kier molecular flexibility index (Phi) is 4.13. The van der Waals surface area contributed by atoms with Crippen molar-refractivity contribution in [1.82, 2.24) is 0 Å². The average molecular weight is 300 g/mol. The number of hydrogen-bond acceptors (Lipinski definition) is 4. The molecule has 0 amide bonds. The Morgan fingerprint density at radius 3 is 1.41 bits per heavy atom. The van der Waals surface area contributed by atoms with E-state index in [4.69, 9.17) is 10.2 Å². The van der Waals surface area contributed by atoms with Gasteiger partial charge in [0, 0.05) is 0 Å². The van der Waals surface area contributed by atoms with Crippen LogP contribution in [-0.4, -0.2) is 32.4 Å². The molecule has 2 aromatic carbocycles. The zero-order chi connectivity index (χ0) is 16.3. The van der Waals surface area contributed by atoms with E-state index < -0.39 is 11.9 Å². The molecule has 0 atom stereocenters. The van der Waals surface area contributed by atoms with Crippen molar-refractivity contribution >= 4 is 24.1 Å². The summed E-state index contributed by atoms with van der Waals surface area (Å²) in [5.74, 6) is -3.15. The highest BCUT2D eigenvalue weighted by Crippen LogP contribution is 2.22. The van der Waals surface area contributed by atoms with Gasteiger partial charge in [-0.15, -0.1) is 0 Å². The summed E-state index contributed by atoms with van der Waals surface area (Å²) in [6, 6.07) is 8.18. The second-order valence-electron chi connectivity index (χ2n) is 4.50. The molecule has 0 heterocycles. The van der Waals surface area contributed by atoms with Crippen LogP contribution in [0.3, 0.4) is 0 Å². The molecule has 0 radical (unpaired) electrons. The van der Waals surface area contributed by atoms with Gasteiger partial charge in [0.2, 0.25) is 0 Å². The summed E-state index contributed by atoms with van der Waals surface area (Å²) in [5, 5.41) is 36.7. The van der Waals surface area contributed by atoms with Crippen molar-refractivity contribution in [2.24, 2.45) is 0 Å². The summed E-state index contributed by atoms with van der Waals surface area (Å²) in [5.41, 5.74) is 0.610. The fourth-order valence-corrected chi connectivity index (χ4v) is 1.85. The molecule has 0 spiro atoms. The van der Waals surface area contributed by atoms with E-state index in [1.807, 2.05) is 0 Å². The molecule has 6 heteroatoms. The van der Waals surface area contributed by atoms with Gasteiger partial charge < -0.3 is 20.4 Å². The van der Waals surface area contributed by atoms with Crippen LogP contribution in [0.5, 0.6) is 11.5 Å². The van der Waals surface area contributed by atoms with Crippen LogP contribution in [0, 0.1) is 0 Å². The van der Waals surface area contributed by atoms with Crippen molar-refractivity contribution in [1.29, 1.82) is 0 Å². The SMILES string of the molecule is O=C(O)c1cc(/C=C/c2ccc(O)c(C(=O)O)c2)ccc1O. The standard InChI is InChI=1S/C16H12O6/c17-13-5-3-9(7-11(13)15(19)20)1-2-10-4-6-14(18)12(8-10)16(21)22/h1-8,17-18H,(H,19,20)(H,21,22)/b2-1+. The second-order valence-corrected chi connectivity index (χ2v) is 4.50. The monoisotopic (exact) mass is 300 g/mol. The Morgan fingerprint density at radius 2 is 1.09 bits per heavy atom. The summed E-state index contributed by atoms with van der Waals surface area (Å²) in [6.45, 7) is 0. The van der Waals surface area contributed by atoms with Crippen LogP contribution >= 0.6 is 0 Å². The molecule has 0 bridgehead atoms. The lowest BCUT2D eigenvalue weighted by Gasteiger charge is -2.02. The number of hydrogen-bond donors (Lipinski definition) is 4. The van der Waals surface area contributed by atoms with Crippen LogP contribution in [0.25, 0.3) is 12.2 Å². The van der Waals surface area contributed by atoms with E-state index in [1.165, 1.54) is 36.4 Å². The molecule has 6 nitrogen and oxygen atoms in total. The molecule has 22 heavy (non-hydrogen) atoms. The molecule has 112 valence electrons. The molecule has 0 aliphatic heterocycles. The predicted molar refractivity (Wildman–Crippen MR) is 79.1 cm³/mol. The number of carboxylic acids is 2. The van der Waals surface area contributed by atoms with Crippen LogP contribution in [0.2, 0.25) is 0 Å². The van der Waals surface area contributed by atoms with Gasteiger partial charge in [-0.2, -0.15) is 0 Å². The van der Waals surface area contributed by atoms with Gasteiger partial charge in [-0.05, 0) is 35.4 Å². The Hall–Kier alpha value is -3.28. The quantitative estimate of drug-likeness (QED) is 0.645. The molecule has 0 saturated carbocycles. The highest BCUT2D eigenvalue weighted by atomic mass is 16.4. The summed E-state index contributed by atoms with van der Waals surface area (Å²) in [6.07, 6.45) is 3.15. The molecule has 0 aliphatic carbocycles. The number of benzene rings is 2. The van der Waals surface area contributed by atoms with Crippen LogP contribution in [-0.2, 0) is 0 Å². The number of aromatic carboxylic acids is 2. The van der Waals surface area contributed by atoms with Gasteiger partial charge in [-0.25, -0.2) is 9.59 Å². The maximum Gasteiger partial charge on any atom is 0.339 e. The maximum atomic E-state index is 10.9. The van der Waals surface area contributed by atoms with E-state index in [2.05, 4.69) is 0 Å². The first-order chi connectivity index (χ1) is 10.4. The molecule has 2 aromatic rings. The van der Waals surface area contributed by atoms with Crippen molar-refractivity contribution in [2.75, 3.05) is 0 Å². The summed E-state index contributed by atoms with van der Waals surface area (Å²) in [4.78, 5) is 21.9. The maximum absolute atomic E-state index is 10.9. The van der Waals surface area contributed by atoms with E-state index in [0.29, 0.717) is 11.1 Å². The minimum absolute atomic E-state index is 0.223. The van der Waals surface area contributed by atoms with Gasteiger partial charge in [0.05, 0.1) is 0 Å². The van der Waals surface area contributed by atoms with Crippen molar-refractivity contribution in [3.05, 3.63) is 58.7 Å². The molecular weight excluding hydrogens is 288 g/mol. The lowest BCUT2D eigenvalue weighted by Crippen LogP contribution is -1.97. The van der Waals surface area contributed by atoms with Crippen LogP contribution in [0.1, 0.15) is 31.8 Å². The fourth-order valence-electron chi connectivity index (χ4n) is 1.85. The normalized spacial score (nSPS) is 10.7. The number of rotatable bonds is 4. The first kappa shape index (κ1) is 15.1. The topological polar surface area (TPSA) is 115 Å². The predicted octanol–water partition coefficient (Wildman–Crippen LogP) is 2.66. The smallest absolute Gasteiger partial charge is 0.339 e. The summed E-state index contributed by atoms with van der Waals surface area (Å²) < 4.78 is 0. The van der Waals surface area contributed by atoms with E-state index in [1.54, 1.807) is 12.2 Å². The number of phenols is 2. The Labute approximate surface area is 125 Å². The van der Waals surface area contributed by atoms with Crippen LogP contribution in [0.15, 0.2) is 36.4 Å². The van der Waals surface area contributed by atoms with Crippen molar-refractivity contribution in [3.8, 4) is 11.5 Å². The molecule has 4 N–H and O–H groups in total. The van der Waals surface area contributed by atoms with Gasteiger partial charge in [0.1, 0.15) is 22.6 Å². The highest BCUT2D eigenvalue weighted by molar-refractivity contribution is 5.93. The Balaban J connectivity index is 2.33. The average Bonchev–Trinajstić information content (AvgIpc) is 2.47. The highest BCUT2D eigenvalue weighted by Gasteiger charge is 2.10. The molecule has 0 saturated heterocycles. The third-order valence-corrected chi connectivity index (χ3v) is 2.97. The number of carbonyl (C=O) groups is 2. The van der Waals surface area contributed by atoms with E-state index in [0.717, 1.165) is 0 Å². The van der Waals surface area contributed by atoms with Gasteiger partial charge in [0.15, 0.2) is 0 Å². The van der Waals surface area contributed by atoms with Crippen LogP contribution in [0.4, 0.5) is 0 Å². The minimum Gasteiger partial charge on any atom is -0.507 e. The molecule has 0 unspecified atom stereocenters. The third-order valence-electron chi connectivity index (χ3n) is 2.97. The molecule has 0 aliphatic rings. The summed E-state index contributed by atoms with van der Waals surface area (Å²) in [7, 11) is 0. The first-order valence-electron chi connectivity index (χ1n) is 6.19. The van der Waals surface area contributed by atoms with Crippen molar-refractivity contribution in [3.63, 3.8) is 0 Å². The lowest BCUT2D eigenvalue weighted by molar-refractivity contribution is 0.0682. The van der Waals surface area contributed by atoms with E-state index in [-0.39, 0.29) is 22.6 Å². The van der Waals surface area contributed by atoms with E-state index in [9.17, 15) is 19.8 Å². The second kappa shape index (κ2) is 6.01. The lowest BCUT2D eigenvalue weighted by atomic mass is 10.1. The number of aromatic hydroxyl groups is 2. The third kappa shape index (κ3) is 3.24. The molecule has 0 aromatic heterocycles. The fraction of sp³-hybridized carbons (Fsp3) is 0.